The molecule has 0 unspecified atom stereocenters. The third-order valence-electron chi connectivity index (χ3n) is 2.29. The van der Waals surface area contributed by atoms with Crippen LogP contribution in [-0.2, 0) is 8.92 Å². The van der Waals surface area contributed by atoms with E-state index in [2.05, 4.69) is 27.3 Å². The Balaban J connectivity index is 3.84. The first-order valence-electron chi connectivity index (χ1n) is 5.30. The molecule has 0 spiro atoms. The van der Waals surface area contributed by atoms with Gasteiger partial charge in [-0.1, -0.05) is 0 Å². The van der Waals surface area contributed by atoms with E-state index in [4.69, 9.17) is 14.2 Å². The molecule has 0 saturated heterocycles. The standard InChI is InChI=1S/C11H20INO2S/c1-10(2,6-5-8-13)14-9-7-11(3,4)15-16-12/h5-7,9H2,1-4H3. The van der Waals surface area contributed by atoms with Crippen molar-refractivity contribution in [2.75, 3.05) is 6.61 Å². The van der Waals surface area contributed by atoms with Crippen molar-refractivity contribution >= 4 is 30.4 Å². The minimum absolute atomic E-state index is 0.169. The SMILES string of the molecule is CC(C)(CCC#N)OCCC(C)(C)OSI. The molecule has 5 heteroatoms. The van der Waals surface area contributed by atoms with Gasteiger partial charge in [-0.2, -0.15) is 5.26 Å². The number of halogens is 1. The largest absolute Gasteiger partial charge is 0.375 e. The van der Waals surface area contributed by atoms with E-state index >= 15 is 0 Å². The molecule has 0 fully saturated rings. The average Bonchev–Trinajstić information content (AvgIpc) is 2.14. The first-order valence-corrected chi connectivity index (χ1v) is 8.59. The molecule has 0 aromatic rings. The maximum Gasteiger partial charge on any atom is 0.0804 e. The number of nitrogens with zero attached hydrogens (tertiary/aromatic N) is 1. The van der Waals surface area contributed by atoms with Crippen molar-refractivity contribution in [2.45, 2.75) is 58.2 Å². The Kier molecular flexibility index (Phi) is 7.98. The van der Waals surface area contributed by atoms with Gasteiger partial charge in [0.05, 0.1) is 33.1 Å². The molecule has 0 aliphatic carbocycles. The van der Waals surface area contributed by atoms with Gasteiger partial charge in [-0.3, -0.25) is 4.18 Å². The lowest BCUT2D eigenvalue weighted by Gasteiger charge is -2.28. The Labute approximate surface area is 115 Å². The maximum atomic E-state index is 8.53. The van der Waals surface area contributed by atoms with Gasteiger partial charge in [0.2, 0.25) is 0 Å². The summed E-state index contributed by atoms with van der Waals surface area (Å²) < 4.78 is 11.3. The Hall–Kier alpha value is 0.490. The van der Waals surface area contributed by atoms with E-state index in [1.54, 1.807) is 0 Å². The summed E-state index contributed by atoms with van der Waals surface area (Å²) in [7, 11) is 1.35. The van der Waals surface area contributed by atoms with Crippen molar-refractivity contribution < 1.29 is 8.92 Å². The summed E-state index contributed by atoms with van der Waals surface area (Å²) in [6.07, 6.45) is 2.15. The van der Waals surface area contributed by atoms with Crippen LogP contribution < -0.4 is 0 Å². The number of nitriles is 1. The highest BCUT2D eigenvalue weighted by Crippen LogP contribution is 2.27. The van der Waals surface area contributed by atoms with Crippen LogP contribution in [-0.4, -0.2) is 17.8 Å². The molecule has 16 heavy (non-hydrogen) atoms. The fraction of sp³-hybridized carbons (Fsp3) is 0.909. The van der Waals surface area contributed by atoms with E-state index < -0.39 is 0 Å². The highest BCUT2D eigenvalue weighted by atomic mass is 127. The second-order valence-electron chi connectivity index (χ2n) is 4.92. The molecular weight excluding hydrogens is 337 g/mol. The number of ether oxygens (including phenoxy) is 1. The second-order valence-corrected chi connectivity index (χ2v) is 6.29. The van der Waals surface area contributed by atoms with Crippen molar-refractivity contribution in [3.05, 3.63) is 0 Å². The molecule has 0 aliphatic heterocycles. The molecule has 0 atom stereocenters. The van der Waals surface area contributed by atoms with Gasteiger partial charge in [0.25, 0.3) is 0 Å². The zero-order valence-corrected chi connectivity index (χ0v) is 13.4. The average molecular weight is 357 g/mol. The van der Waals surface area contributed by atoms with Crippen molar-refractivity contribution in [3.63, 3.8) is 0 Å². The zero-order chi connectivity index (χ0) is 12.7. The van der Waals surface area contributed by atoms with Crippen molar-refractivity contribution in [1.29, 1.82) is 5.26 Å². The normalized spacial score (nSPS) is 12.5. The second kappa shape index (κ2) is 7.75. The van der Waals surface area contributed by atoms with Gasteiger partial charge >= 0.3 is 0 Å². The molecule has 0 heterocycles. The molecule has 94 valence electrons. The van der Waals surface area contributed by atoms with E-state index in [-0.39, 0.29) is 11.2 Å². The van der Waals surface area contributed by atoms with Crippen LogP contribution in [0.3, 0.4) is 0 Å². The predicted molar refractivity (Wildman–Crippen MR) is 76.3 cm³/mol. The summed E-state index contributed by atoms with van der Waals surface area (Å²) in [6.45, 7) is 8.79. The van der Waals surface area contributed by atoms with Crippen molar-refractivity contribution in [3.8, 4) is 6.07 Å². The molecule has 0 amide bonds. The molecule has 0 rings (SSSR count). The summed E-state index contributed by atoms with van der Waals surface area (Å²) >= 11 is 2.12. The van der Waals surface area contributed by atoms with E-state index in [1.165, 1.54) is 9.21 Å². The number of hydrogen-bond donors (Lipinski definition) is 0. The predicted octanol–water partition coefficient (Wildman–Crippen LogP) is 4.27. The lowest BCUT2D eigenvalue weighted by Crippen LogP contribution is -2.29. The summed E-state index contributed by atoms with van der Waals surface area (Å²) in [5.74, 6) is 0. The fourth-order valence-corrected chi connectivity index (χ4v) is 2.84. The third kappa shape index (κ3) is 8.62. The molecule has 3 nitrogen and oxygen atoms in total. The third-order valence-corrected chi connectivity index (χ3v) is 3.35. The van der Waals surface area contributed by atoms with Gasteiger partial charge in [-0.15, -0.1) is 0 Å². The highest BCUT2D eigenvalue weighted by molar-refractivity contribution is 14.2. The van der Waals surface area contributed by atoms with Gasteiger partial charge in [0.1, 0.15) is 0 Å². The molecule has 0 radical (unpaired) electrons. The molecule has 0 N–H and O–H groups in total. The highest BCUT2D eigenvalue weighted by Gasteiger charge is 2.22. The van der Waals surface area contributed by atoms with E-state index in [1.807, 2.05) is 27.7 Å². The van der Waals surface area contributed by atoms with Gasteiger partial charge in [-0.25, -0.2) is 0 Å². The van der Waals surface area contributed by atoms with Crippen LogP contribution in [0.4, 0.5) is 0 Å². The first-order chi connectivity index (χ1) is 7.33. The topological polar surface area (TPSA) is 42.2 Å². The van der Waals surface area contributed by atoms with Crippen LogP contribution in [0.5, 0.6) is 0 Å². The van der Waals surface area contributed by atoms with Crippen molar-refractivity contribution in [2.24, 2.45) is 0 Å². The quantitative estimate of drug-likeness (QED) is 0.481. The van der Waals surface area contributed by atoms with Crippen LogP contribution in [0, 0.1) is 11.3 Å². The molecule has 0 aromatic carbocycles. The Bertz CT molecular complexity index is 239. The lowest BCUT2D eigenvalue weighted by atomic mass is 10.0. The summed E-state index contributed by atoms with van der Waals surface area (Å²) in [5.41, 5.74) is -0.388. The number of rotatable bonds is 8. The fourth-order valence-electron chi connectivity index (χ4n) is 1.13. The Morgan fingerprint density at radius 2 is 1.81 bits per heavy atom. The van der Waals surface area contributed by atoms with Crippen LogP contribution in [0.1, 0.15) is 47.0 Å². The van der Waals surface area contributed by atoms with Crippen LogP contribution in [0.15, 0.2) is 0 Å². The maximum absolute atomic E-state index is 8.53. The summed E-state index contributed by atoms with van der Waals surface area (Å²) in [5, 5.41) is 8.53. The van der Waals surface area contributed by atoms with Gasteiger partial charge < -0.3 is 4.74 Å². The minimum Gasteiger partial charge on any atom is -0.375 e. The summed E-state index contributed by atoms with van der Waals surface area (Å²) in [4.78, 5) is 0. The van der Waals surface area contributed by atoms with E-state index in [0.29, 0.717) is 13.0 Å². The Morgan fingerprint density at radius 3 is 2.31 bits per heavy atom. The van der Waals surface area contributed by atoms with Gasteiger partial charge in [0, 0.05) is 34.0 Å². The smallest absolute Gasteiger partial charge is 0.0804 e. The first kappa shape index (κ1) is 16.5. The van der Waals surface area contributed by atoms with Crippen LogP contribution in [0.25, 0.3) is 0 Å². The van der Waals surface area contributed by atoms with Gasteiger partial charge in [0.15, 0.2) is 0 Å². The molecule has 0 bridgehead atoms. The molecule has 0 aromatic heterocycles. The molecular formula is C11H20INO2S. The molecule has 0 aliphatic rings. The minimum atomic E-state index is -0.219. The Morgan fingerprint density at radius 1 is 1.19 bits per heavy atom. The van der Waals surface area contributed by atoms with Crippen LogP contribution in [0.2, 0.25) is 0 Å². The van der Waals surface area contributed by atoms with Gasteiger partial charge in [-0.05, 0) is 34.1 Å². The van der Waals surface area contributed by atoms with Crippen LogP contribution >= 0.6 is 30.4 Å². The van der Waals surface area contributed by atoms with E-state index in [9.17, 15) is 0 Å². The summed E-state index contributed by atoms with van der Waals surface area (Å²) in [6, 6.07) is 2.14. The monoisotopic (exact) mass is 357 g/mol. The number of hydrogen-bond acceptors (Lipinski definition) is 4. The van der Waals surface area contributed by atoms with Crippen molar-refractivity contribution in [1.82, 2.24) is 0 Å². The van der Waals surface area contributed by atoms with E-state index in [0.717, 1.165) is 12.8 Å². The zero-order valence-electron chi connectivity index (χ0n) is 10.4. The lowest BCUT2D eigenvalue weighted by molar-refractivity contribution is -0.0412. The molecule has 0 saturated carbocycles.